The highest BCUT2D eigenvalue weighted by Crippen LogP contribution is 2.26. The van der Waals surface area contributed by atoms with Gasteiger partial charge in [0.2, 0.25) is 0 Å². The average molecular weight is 247 g/mol. The minimum absolute atomic E-state index is 0.543. The first-order chi connectivity index (χ1) is 8.83. The van der Waals surface area contributed by atoms with Crippen molar-refractivity contribution in [2.45, 2.75) is 32.2 Å². The molecule has 0 bridgehead atoms. The highest BCUT2D eigenvalue weighted by Gasteiger charge is 2.23. The number of piperidine rings is 1. The number of aryl methyl sites for hydroxylation is 1. The normalized spacial score (nSPS) is 21.3. The fourth-order valence-corrected chi connectivity index (χ4v) is 2.55. The van der Waals surface area contributed by atoms with E-state index in [4.69, 9.17) is 4.63 Å². The van der Waals surface area contributed by atoms with Crippen molar-refractivity contribution in [1.29, 1.82) is 0 Å². The Morgan fingerprint density at radius 3 is 3.17 bits per heavy atom. The zero-order chi connectivity index (χ0) is 12.4. The van der Waals surface area contributed by atoms with Gasteiger partial charge in [-0.05, 0) is 32.4 Å². The lowest BCUT2D eigenvalue weighted by Crippen LogP contribution is -2.34. The molecule has 3 rings (SSSR count). The molecule has 0 aromatic carbocycles. The maximum Gasteiger partial charge on any atom is 0.122 e. The number of hydrogen-bond donors (Lipinski definition) is 1. The molecule has 0 unspecified atom stereocenters. The molecule has 0 aliphatic carbocycles. The van der Waals surface area contributed by atoms with Crippen LogP contribution in [0.4, 0.5) is 0 Å². The molecule has 2 aromatic heterocycles. The van der Waals surface area contributed by atoms with Crippen molar-refractivity contribution < 1.29 is 4.63 Å². The largest absolute Gasteiger partial charge is 0.297 e. The SMILES string of the molecule is Cc1nonc1CN1CCC[C@@H](c2ccn[nH]2)C1. The zero-order valence-electron chi connectivity index (χ0n) is 10.5. The van der Waals surface area contributed by atoms with E-state index >= 15 is 0 Å². The highest BCUT2D eigenvalue weighted by atomic mass is 16.6. The summed E-state index contributed by atoms with van der Waals surface area (Å²) in [6, 6.07) is 2.07. The third-order valence-corrected chi connectivity index (χ3v) is 3.59. The number of H-pyrrole nitrogens is 1. The van der Waals surface area contributed by atoms with Gasteiger partial charge in [0, 0.05) is 30.9 Å². The summed E-state index contributed by atoms with van der Waals surface area (Å²) in [5.74, 6) is 0.543. The van der Waals surface area contributed by atoms with Crippen LogP contribution < -0.4 is 0 Å². The Morgan fingerprint density at radius 1 is 1.50 bits per heavy atom. The molecule has 1 saturated heterocycles. The van der Waals surface area contributed by atoms with E-state index in [0.29, 0.717) is 5.92 Å². The fourth-order valence-electron chi connectivity index (χ4n) is 2.55. The first kappa shape index (κ1) is 11.4. The van der Waals surface area contributed by atoms with Crippen LogP contribution in [0, 0.1) is 6.92 Å². The van der Waals surface area contributed by atoms with Gasteiger partial charge in [0.1, 0.15) is 11.4 Å². The van der Waals surface area contributed by atoms with Crippen LogP contribution in [0.2, 0.25) is 0 Å². The van der Waals surface area contributed by atoms with Gasteiger partial charge in [-0.2, -0.15) is 5.10 Å². The molecule has 0 amide bonds. The smallest absolute Gasteiger partial charge is 0.122 e. The Balaban J connectivity index is 1.66. The first-order valence-electron chi connectivity index (χ1n) is 6.32. The van der Waals surface area contributed by atoms with Gasteiger partial charge >= 0.3 is 0 Å². The van der Waals surface area contributed by atoms with Crippen molar-refractivity contribution in [2.24, 2.45) is 0 Å². The monoisotopic (exact) mass is 247 g/mol. The maximum atomic E-state index is 4.74. The molecule has 6 nitrogen and oxygen atoms in total. The van der Waals surface area contributed by atoms with Crippen LogP contribution in [0.3, 0.4) is 0 Å². The van der Waals surface area contributed by atoms with Crippen LogP contribution in [-0.4, -0.2) is 38.5 Å². The minimum atomic E-state index is 0.543. The molecule has 96 valence electrons. The molecule has 1 aliphatic rings. The Kier molecular flexibility index (Phi) is 3.10. The van der Waals surface area contributed by atoms with Gasteiger partial charge in [0.15, 0.2) is 0 Å². The Morgan fingerprint density at radius 2 is 2.44 bits per heavy atom. The summed E-state index contributed by atoms with van der Waals surface area (Å²) < 4.78 is 4.74. The van der Waals surface area contributed by atoms with E-state index < -0.39 is 0 Å². The predicted octanol–water partition coefficient (Wildman–Crippen LogP) is 1.48. The molecule has 1 N–H and O–H groups in total. The van der Waals surface area contributed by atoms with Crippen LogP contribution in [-0.2, 0) is 6.54 Å². The van der Waals surface area contributed by atoms with Crippen molar-refractivity contribution in [2.75, 3.05) is 13.1 Å². The number of aromatic nitrogens is 4. The quantitative estimate of drug-likeness (QED) is 0.889. The molecule has 1 atom stereocenters. The van der Waals surface area contributed by atoms with Gasteiger partial charge in [-0.3, -0.25) is 10.00 Å². The zero-order valence-corrected chi connectivity index (χ0v) is 10.5. The van der Waals surface area contributed by atoms with Crippen LogP contribution >= 0.6 is 0 Å². The molecule has 0 spiro atoms. The lowest BCUT2D eigenvalue weighted by Gasteiger charge is -2.31. The molecule has 0 saturated carbocycles. The molecule has 3 heterocycles. The van der Waals surface area contributed by atoms with Crippen molar-refractivity contribution in [3.05, 3.63) is 29.3 Å². The van der Waals surface area contributed by atoms with Crippen LogP contribution in [0.25, 0.3) is 0 Å². The van der Waals surface area contributed by atoms with E-state index in [2.05, 4.69) is 31.5 Å². The summed E-state index contributed by atoms with van der Waals surface area (Å²) in [5, 5.41) is 14.9. The number of rotatable bonds is 3. The van der Waals surface area contributed by atoms with Gasteiger partial charge in [-0.1, -0.05) is 10.3 Å². The predicted molar refractivity (Wildman–Crippen MR) is 64.9 cm³/mol. The summed E-state index contributed by atoms with van der Waals surface area (Å²) in [6.07, 6.45) is 4.24. The third kappa shape index (κ3) is 2.28. The van der Waals surface area contributed by atoms with Gasteiger partial charge < -0.3 is 0 Å². The van der Waals surface area contributed by atoms with Gasteiger partial charge in [-0.25, -0.2) is 4.63 Å². The lowest BCUT2D eigenvalue weighted by atomic mass is 9.95. The lowest BCUT2D eigenvalue weighted by molar-refractivity contribution is 0.192. The Labute approximate surface area is 105 Å². The number of likely N-dealkylation sites (tertiary alicyclic amines) is 1. The maximum absolute atomic E-state index is 4.74. The second-order valence-corrected chi connectivity index (χ2v) is 4.88. The Hall–Kier alpha value is -1.69. The summed E-state index contributed by atoms with van der Waals surface area (Å²) in [5.41, 5.74) is 3.06. The van der Waals surface area contributed by atoms with Gasteiger partial charge in [0.05, 0.1) is 0 Å². The summed E-state index contributed by atoms with van der Waals surface area (Å²) >= 11 is 0. The van der Waals surface area contributed by atoms with Crippen LogP contribution in [0.15, 0.2) is 16.9 Å². The molecular weight excluding hydrogens is 230 g/mol. The number of aromatic amines is 1. The molecule has 6 heteroatoms. The average Bonchev–Trinajstić information content (AvgIpc) is 3.02. The Bertz CT molecular complexity index is 492. The molecule has 18 heavy (non-hydrogen) atoms. The van der Waals surface area contributed by atoms with E-state index in [1.807, 2.05) is 13.1 Å². The van der Waals surface area contributed by atoms with Crippen molar-refractivity contribution in [3.63, 3.8) is 0 Å². The second-order valence-electron chi connectivity index (χ2n) is 4.88. The molecule has 1 aliphatic heterocycles. The number of nitrogens with one attached hydrogen (secondary N) is 1. The third-order valence-electron chi connectivity index (χ3n) is 3.59. The molecular formula is C12H17N5O. The summed E-state index contributed by atoms with van der Waals surface area (Å²) in [6.45, 7) is 4.90. The number of nitrogens with zero attached hydrogens (tertiary/aromatic N) is 4. The van der Waals surface area contributed by atoms with E-state index in [9.17, 15) is 0 Å². The van der Waals surface area contributed by atoms with Crippen LogP contribution in [0.5, 0.6) is 0 Å². The molecule has 0 radical (unpaired) electrons. The molecule has 2 aromatic rings. The van der Waals surface area contributed by atoms with E-state index in [0.717, 1.165) is 31.0 Å². The standard InChI is InChI=1S/C12H17N5O/c1-9-12(16-18-15-9)8-17-6-2-3-10(7-17)11-4-5-13-14-11/h4-5,10H,2-3,6-8H2,1H3,(H,13,14)/t10-/m1/s1. The van der Waals surface area contributed by atoms with E-state index in [-0.39, 0.29) is 0 Å². The second kappa shape index (κ2) is 4.89. The number of hydrogen-bond acceptors (Lipinski definition) is 5. The van der Waals surface area contributed by atoms with Crippen molar-refractivity contribution >= 4 is 0 Å². The van der Waals surface area contributed by atoms with E-state index in [1.165, 1.54) is 18.5 Å². The summed E-state index contributed by atoms with van der Waals surface area (Å²) in [4.78, 5) is 2.40. The van der Waals surface area contributed by atoms with E-state index in [1.54, 1.807) is 0 Å². The van der Waals surface area contributed by atoms with Crippen molar-refractivity contribution in [3.8, 4) is 0 Å². The first-order valence-corrected chi connectivity index (χ1v) is 6.32. The molecule has 1 fully saturated rings. The summed E-state index contributed by atoms with van der Waals surface area (Å²) in [7, 11) is 0. The van der Waals surface area contributed by atoms with Crippen LogP contribution in [0.1, 0.15) is 35.8 Å². The topological polar surface area (TPSA) is 70.8 Å². The fraction of sp³-hybridized carbons (Fsp3) is 0.583. The van der Waals surface area contributed by atoms with Crippen molar-refractivity contribution in [1.82, 2.24) is 25.4 Å². The van der Waals surface area contributed by atoms with Gasteiger partial charge in [-0.15, -0.1) is 0 Å². The minimum Gasteiger partial charge on any atom is -0.297 e. The van der Waals surface area contributed by atoms with Gasteiger partial charge in [0.25, 0.3) is 0 Å². The highest BCUT2D eigenvalue weighted by molar-refractivity contribution is 5.09.